The van der Waals surface area contributed by atoms with E-state index in [1.807, 2.05) is 38.1 Å². The SMILES string of the molecule is Cc1cccc(OCC(C)NC(=O)C2CCCCN2)c1.Cl. The van der Waals surface area contributed by atoms with Crippen molar-refractivity contribution in [3.8, 4) is 5.75 Å². The monoisotopic (exact) mass is 312 g/mol. The molecule has 5 heteroatoms. The molecule has 0 bridgehead atoms. The lowest BCUT2D eigenvalue weighted by Gasteiger charge is -2.24. The molecule has 1 aromatic carbocycles. The number of carbonyl (C=O) groups excluding carboxylic acids is 1. The molecule has 21 heavy (non-hydrogen) atoms. The van der Waals surface area contributed by atoms with Crippen LogP contribution in [-0.2, 0) is 4.79 Å². The summed E-state index contributed by atoms with van der Waals surface area (Å²) in [6, 6.07) is 7.91. The highest BCUT2D eigenvalue weighted by Crippen LogP contribution is 2.12. The summed E-state index contributed by atoms with van der Waals surface area (Å²) in [5, 5.41) is 6.26. The molecule has 1 aromatic rings. The van der Waals surface area contributed by atoms with E-state index in [1.165, 1.54) is 5.56 Å². The molecule has 0 spiro atoms. The highest BCUT2D eigenvalue weighted by molar-refractivity contribution is 5.85. The normalized spacial score (nSPS) is 19.2. The first-order chi connectivity index (χ1) is 9.65. The van der Waals surface area contributed by atoms with E-state index in [9.17, 15) is 4.79 Å². The van der Waals surface area contributed by atoms with Gasteiger partial charge >= 0.3 is 0 Å². The Morgan fingerprint density at radius 1 is 1.48 bits per heavy atom. The average molecular weight is 313 g/mol. The number of carbonyl (C=O) groups is 1. The van der Waals surface area contributed by atoms with Gasteiger partial charge in [-0.3, -0.25) is 4.79 Å². The highest BCUT2D eigenvalue weighted by atomic mass is 35.5. The van der Waals surface area contributed by atoms with Crippen LogP contribution in [0.2, 0.25) is 0 Å². The molecule has 1 aliphatic heterocycles. The highest BCUT2D eigenvalue weighted by Gasteiger charge is 2.21. The Bertz CT molecular complexity index is 448. The van der Waals surface area contributed by atoms with Crippen molar-refractivity contribution in [3.63, 3.8) is 0 Å². The molecule has 2 rings (SSSR count). The second-order valence-electron chi connectivity index (χ2n) is 5.54. The maximum atomic E-state index is 12.0. The van der Waals surface area contributed by atoms with E-state index in [1.54, 1.807) is 0 Å². The fourth-order valence-electron chi connectivity index (χ4n) is 2.39. The molecule has 0 radical (unpaired) electrons. The molecule has 0 aromatic heterocycles. The zero-order valence-corrected chi connectivity index (χ0v) is 13.5. The van der Waals surface area contributed by atoms with Crippen molar-refractivity contribution in [2.75, 3.05) is 13.2 Å². The van der Waals surface area contributed by atoms with E-state index in [4.69, 9.17) is 4.74 Å². The van der Waals surface area contributed by atoms with Gasteiger partial charge in [-0.2, -0.15) is 0 Å². The van der Waals surface area contributed by atoms with Gasteiger partial charge in [-0.25, -0.2) is 0 Å². The summed E-state index contributed by atoms with van der Waals surface area (Å²) in [6.07, 6.45) is 3.21. The Balaban J connectivity index is 0.00000220. The molecular formula is C16H25ClN2O2. The second-order valence-corrected chi connectivity index (χ2v) is 5.54. The summed E-state index contributed by atoms with van der Waals surface area (Å²) >= 11 is 0. The van der Waals surface area contributed by atoms with Crippen molar-refractivity contribution < 1.29 is 9.53 Å². The third-order valence-electron chi connectivity index (χ3n) is 3.50. The summed E-state index contributed by atoms with van der Waals surface area (Å²) < 4.78 is 5.70. The van der Waals surface area contributed by atoms with E-state index >= 15 is 0 Å². The van der Waals surface area contributed by atoms with Gasteiger partial charge in [-0.05, 0) is 50.9 Å². The Labute approximate surface area is 133 Å². The molecule has 4 nitrogen and oxygen atoms in total. The van der Waals surface area contributed by atoms with Crippen molar-refractivity contribution in [1.82, 2.24) is 10.6 Å². The Morgan fingerprint density at radius 3 is 2.95 bits per heavy atom. The molecule has 0 aliphatic carbocycles. The average Bonchev–Trinajstić information content (AvgIpc) is 2.46. The molecule has 1 aliphatic rings. The summed E-state index contributed by atoms with van der Waals surface area (Å²) in [5.41, 5.74) is 1.17. The fourth-order valence-corrected chi connectivity index (χ4v) is 2.39. The lowest BCUT2D eigenvalue weighted by atomic mass is 10.0. The van der Waals surface area contributed by atoms with E-state index in [0.29, 0.717) is 6.61 Å². The smallest absolute Gasteiger partial charge is 0.237 e. The molecule has 118 valence electrons. The fraction of sp³-hybridized carbons (Fsp3) is 0.562. The molecule has 2 atom stereocenters. The minimum absolute atomic E-state index is 0. The molecule has 1 fully saturated rings. The number of halogens is 1. The van der Waals surface area contributed by atoms with Crippen molar-refractivity contribution in [2.24, 2.45) is 0 Å². The molecule has 0 saturated carbocycles. The van der Waals surface area contributed by atoms with Crippen LogP contribution in [0.5, 0.6) is 5.75 Å². The first-order valence-corrected chi connectivity index (χ1v) is 7.38. The largest absolute Gasteiger partial charge is 0.491 e. The topological polar surface area (TPSA) is 50.4 Å². The predicted molar refractivity (Wildman–Crippen MR) is 87.2 cm³/mol. The van der Waals surface area contributed by atoms with Crippen LogP contribution in [-0.4, -0.2) is 31.1 Å². The number of aryl methyl sites for hydroxylation is 1. The van der Waals surface area contributed by atoms with Crippen LogP contribution in [0.25, 0.3) is 0 Å². The minimum Gasteiger partial charge on any atom is -0.491 e. The van der Waals surface area contributed by atoms with E-state index in [2.05, 4.69) is 10.6 Å². The first kappa shape index (κ1) is 17.8. The summed E-state index contributed by atoms with van der Waals surface area (Å²) in [6.45, 7) is 5.43. The van der Waals surface area contributed by atoms with Gasteiger partial charge in [0.15, 0.2) is 0 Å². The Kier molecular flexibility index (Phi) is 7.54. The molecule has 1 amide bonds. The summed E-state index contributed by atoms with van der Waals surface area (Å²) in [7, 11) is 0. The number of amides is 1. The summed E-state index contributed by atoms with van der Waals surface area (Å²) in [4.78, 5) is 12.0. The lowest BCUT2D eigenvalue weighted by Crippen LogP contribution is -2.50. The van der Waals surface area contributed by atoms with Crippen molar-refractivity contribution in [1.29, 1.82) is 0 Å². The zero-order chi connectivity index (χ0) is 14.4. The van der Waals surface area contributed by atoms with Gasteiger partial charge < -0.3 is 15.4 Å². The van der Waals surface area contributed by atoms with Gasteiger partial charge in [0.2, 0.25) is 5.91 Å². The van der Waals surface area contributed by atoms with Crippen LogP contribution in [0, 0.1) is 6.92 Å². The van der Waals surface area contributed by atoms with Gasteiger partial charge in [0.05, 0.1) is 12.1 Å². The zero-order valence-electron chi connectivity index (χ0n) is 12.7. The maximum absolute atomic E-state index is 12.0. The maximum Gasteiger partial charge on any atom is 0.237 e. The third kappa shape index (κ3) is 5.94. The van der Waals surface area contributed by atoms with Gasteiger partial charge in [0.25, 0.3) is 0 Å². The predicted octanol–water partition coefficient (Wildman–Crippen LogP) is 2.44. The van der Waals surface area contributed by atoms with Gasteiger partial charge in [-0.15, -0.1) is 12.4 Å². The number of benzene rings is 1. The Hall–Kier alpha value is -1.26. The van der Waals surface area contributed by atoms with Crippen LogP contribution >= 0.6 is 12.4 Å². The number of ether oxygens (including phenoxy) is 1. The van der Waals surface area contributed by atoms with E-state index < -0.39 is 0 Å². The number of hydrogen-bond donors (Lipinski definition) is 2. The molecular weight excluding hydrogens is 288 g/mol. The third-order valence-corrected chi connectivity index (χ3v) is 3.50. The quantitative estimate of drug-likeness (QED) is 0.878. The number of piperidine rings is 1. The van der Waals surface area contributed by atoms with Crippen molar-refractivity contribution in [3.05, 3.63) is 29.8 Å². The first-order valence-electron chi connectivity index (χ1n) is 7.38. The number of rotatable bonds is 5. The molecule has 1 saturated heterocycles. The van der Waals surface area contributed by atoms with Crippen molar-refractivity contribution >= 4 is 18.3 Å². The van der Waals surface area contributed by atoms with Crippen molar-refractivity contribution in [2.45, 2.75) is 45.2 Å². The number of hydrogen-bond acceptors (Lipinski definition) is 3. The standard InChI is InChI=1S/C16H24N2O2.ClH/c1-12-6-5-7-14(10-12)20-11-13(2)18-16(19)15-8-3-4-9-17-15;/h5-7,10,13,15,17H,3-4,8-9,11H2,1-2H3,(H,18,19);1H. The van der Waals surface area contributed by atoms with E-state index in [0.717, 1.165) is 31.6 Å². The van der Waals surface area contributed by atoms with Crippen LogP contribution in [0.15, 0.2) is 24.3 Å². The number of nitrogens with one attached hydrogen (secondary N) is 2. The Morgan fingerprint density at radius 2 is 2.29 bits per heavy atom. The van der Waals surface area contributed by atoms with Gasteiger partial charge in [0.1, 0.15) is 12.4 Å². The molecule has 1 heterocycles. The second kappa shape index (κ2) is 8.90. The molecule has 2 unspecified atom stereocenters. The minimum atomic E-state index is -0.0369. The summed E-state index contributed by atoms with van der Waals surface area (Å²) in [5.74, 6) is 0.937. The van der Waals surface area contributed by atoms with Crippen LogP contribution in [0.1, 0.15) is 31.7 Å². The van der Waals surface area contributed by atoms with Gasteiger partial charge in [-0.1, -0.05) is 18.6 Å². The van der Waals surface area contributed by atoms with Crippen LogP contribution in [0.4, 0.5) is 0 Å². The van der Waals surface area contributed by atoms with Crippen LogP contribution < -0.4 is 15.4 Å². The van der Waals surface area contributed by atoms with Crippen LogP contribution in [0.3, 0.4) is 0 Å². The van der Waals surface area contributed by atoms with E-state index in [-0.39, 0.29) is 30.4 Å². The lowest BCUT2D eigenvalue weighted by molar-refractivity contribution is -0.124. The molecule has 2 N–H and O–H groups in total. The van der Waals surface area contributed by atoms with Gasteiger partial charge in [0, 0.05) is 0 Å².